The molecule has 18 heavy (non-hydrogen) atoms. The Kier molecular flexibility index (Phi) is 3.57. The molecule has 0 atom stereocenters. The molecule has 0 bridgehead atoms. The van der Waals surface area contributed by atoms with Gasteiger partial charge in [-0.2, -0.15) is 0 Å². The van der Waals surface area contributed by atoms with Gasteiger partial charge < -0.3 is 10.2 Å². The van der Waals surface area contributed by atoms with Gasteiger partial charge in [0.25, 0.3) is 0 Å². The number of hydrogen-bond donors (Lipinski definition) is 1. The van der Waals surface area contributed by atoms with E-state index in [0.29, 0.717) is 6.54 Å². The number of benzene rings is 1. The zero-order valence-electron chi connectivity index (χ0n) is 10.4. The molecule has 1 aromatic carbocycles. The fourth-order valence-electron chi connectivity index (χ4n) is 1.49. The van der Waals surface area contributed by atoms with Crippen LogP contribution in [0, 0.1) is 0 Å². The Morgan fingerprint density at radius 3 is 2.72 bits per heavy atom. The van der Waals surface area contributed by atoms with E-state index in [-0.39, 0.29) is 6.03 Å². The molecule has 2 amide bonds. The van der Waals surface area contributed by atoms with Crippen molar-refractivity contribution in [2.75, 3.05) is 14.1 Å². The first kappa shape index (κ1) is 12.1. The SMILES string of the molecule is CN(C)C(=O)NCc1cnnn1-c1ccccc1. The minimum absolute atomic E-state index is 0.143. The summed E-state index contributed by atoms with van der Waals surface area (Å²) in [6.07, 6.45) is 1.64. The highest BCUT2D eigenvalue weighted by Gasteiger charge is 2.08. The van der Waals surface area contributed by atoms with Crippen molar-refractivity contribution in [2.45, 2.75) is 6.54 Å². The van der Waals surface area contributed by atoms with Crippen LogP contribution in [0.5, 0.6) is 0 Å². The zero-order chi connectivity index (χ0) is 13.0. The molecule has 6 heteroatoms. The summed E-state index contributed by atoms with van der Waals surface area (Å²) in [7, 11) is 3.39. The normalized spacial score (nSPS) is 10.1. The number of aromatic nitrogens is 3. The number of hydrogen-bond acceptors (Lipinski definition) is 3. The molecule has 0 aliphatic heterocycles. The van der Waals surface area contributed by atoms with Gasteiger partial charge in [-0.25, -0.2) is 9.48 Å². The van der Waals surface area contributed by atoms with Crippen LogP contribution < -0.4 is 5.32 Å². The highest BCUT2D eigenvalue weighted by atomic mass is 16.2. The summed E-state index contributed by atoms with van der Waals surface area (Å²) in [4.78, 5) is 12.9. The van der Waals surface area contributed by atoms with Gasteiger partial charge in [0, 0.05) is 14.1 Å². The Morgan fingerprint density at radius 2 is 2.06 bits per heavy atom. The van der Waals surface area contributed by atoms with Gasteiger partial charge in [-0.05, 0) is 12.1 Å². The van der Waals surface area contributed by atoms with E-state index < -0.39 is 0 Å². The van der Waals surface area contributed by atoms with E-state index in [1.165, 1.54) is 4.90 Å². The molecule has 0 saturated heterocycles. The van der Waals surface area contributed by atoms with Crippen molar-refractivity contribution in [3.63, 3.8) is 0 Å². The summed E-state index contributed by atoms with van der Waals surface area (Å²) in [5.74, 6) is 0. The fourth-order valence-corrected chi connectivity index (χ4v) is 1.49. The number of amides is 2. The standard InChI is InChI=1S/C12H15N5O/c1-16(2)12(18)13-8-11-9-14-15-17(11)10-6-4-3-5-7-10/h3-7,9H,8H2,1-2H3,(H,13,18). The molecule has 94 valence electrons. The van der Waals surface area contributed by atoms with Crippen molar-refractivity contribution in [2.24, 2.45) is 0 Å². The molecular weight excluding hydrogens is 230 g/mol. The second-order valence-electron chi connectivity index (χ2n) is 4.03. The molecule has 0 radical (unpaired) electrons. The number of nitrogens with one attached hydrogen (secondary N) is 1. The quantitative estimate of drug-likeness (QED) is 0.878. The summed E-state index contributed by atoms with van der Waals surface area (Å²) >= 11 is 0. The monoisotopic (exact) mass is 245 g/mol. The summed E-state index contributed by atoms with van der Waals surface area (Å²) in [5.41, 5.74) is 1.75. The van der Waals surface area contributed by atoms with E-state index in [0.717, 1.165) is 11.4 Å². The van der Waals surface area contributed by atoms with Crippen LogP contribution in [-0.2, 0) is 6.54 Å². The molecule has 1 aromatic heterocycles. The van der Waals surface area contributed by atoms with Gasteiger partial charge in [0.05, 0.1) is 24.1 Å². The molecule has 2 aromatic rings. The van der Waals surface area contributed by atoms with E-state index in [1.54, 1.807) is 25.0 Å². The van der Waals surface area contributed by atoms with Gasteiger partial charge in [0.1, 0.15) is 0 Å². The van der Waals surface area contributed by atoms with Crippen molar-refractivity contribution >= 4 is 6.03 Å². The molecular formula is C12H15N5O. The zero-order valence-corrected chi connectivity index (χ0v) is 10.4. The molecule has 0 fully saturated rings. The number of para-hydroxylation sites is 1. The lowest BCUT2D eigenvalue weighted by atomic mass is 10.3. The van der Waals surface area contributed by atoms with E-state index in [2.05, 4.69) is 15.6 Å². The maximum absolute atomic E-state index is 11.5. The average molecular weight is 245 g/mol. The largest absolute Gasteiger partial charge is 0.332 e. The molecule has 0 aliphatic carbocycles. The minimum atomic E-state index is -0.143. The number of urea groups is 1. The van der Waals surface area contributed by atoms with Crippen LogP contribution in [0.2, 0.25) is 0 Å². The molecule has 0 aliphatic rings. The van der Waals surface area contributed by atoms with Crippen molar-refractivity contribution in [3.8, 4) is 5.69 Å². The van der Waals surface area contributed by atoms with Crippen molar-refractivity contribution in [3.05, 3.63) is 42.2 Å². The van der Waals surface area contributed by atoms with E-state index >= 15 is 0 Å². The van der Waals surface area contributed by atoms with Gasteiger partial charge in [-0.15, -0.1) is 5.10 Å². The van der Waals surface area contributed by atoms with E-state index in [1.807, 2.05) is 30.3 Å². The third-order valence-electron chi connectivity index (χ3n) is 2.45. The lowest BCUT2D eigenvalue weighted by Crippen LogP contribution is -2.34. The number of carbonyl (C=O) groups is 1. The maximum atomic E-state index is 11.5. The molecule has 0 spiro atoms. The highest BCUT2D eigenvalue weighted by Crippen LogP contribution is 2.08. The van der Waals surface area contributed by atoms with E-state index in [9.17, 15) is 4.79 Å². The number of carbonyl (C=O) groups excluding carboxylic acids is 1. The topological polar surface area (TPSA) is 63.1 Å². The van der Waals surface area contributed by atoms with Crippen molar-refractivity contribution in [1.82, 2.24) is 25.2 Å². The summed E-state index contributed by atoms with van der Waals surface area (Å²) in [6.45, 7) is 0.388. The lowest BCUT2D eigenvalue weighted by molar-refractivity contribution is 0.217. The average Bonchev–Trinajstić information content (AvgIpc) is 2.85. The Morgan fingerprint density at radius 1 is 1.33 bits per heavy atom. The Hall–Kier alpha value is -2.37. The second kappa shape index (κ2) is 5.31. The molecule has 0 saturated carbocycles. The predicted molar refractivity (Wildman–Crippen MR) is 67.3 cm³/mol. The molecule has 1 N–H and O–H groups in total. The third-order valence-corrected chi connectivity index (χ3v) is 2.45. The first-order valence-corrected chi connectivity index (χ1v) is 5.58. The maximum Gasteiger partial charge on any atom is 0.317 e. The lowest BCUT2D eigenvalue weighted by Gasteiger charge is -2.12. The van der Waals surface area contributed by atoms with Gasteiger partial charge in [-0.3, -0.25) is 0 Å². The Bertz CT molecular complexity index is 520. The van der Waals surface area contributed by atoms with Gasteiger partial charge >= 0.3 is 6.03 Å². The van der Waals surface area contributed by atoms with Gasteiger partial charge in [0.2, 0.25) is 0 Å². The number of rotatable bonds is 3. The van der Waals surface area contributed by atoms with Crippen molar-refractivity contribution < 1.29 is 4.79 Å². The summed E-state index contributed by atoms with van der Waals surface area (Å²) < 4.78 is 1.70. The fraction of sp³-hybridized carbons (Fsp3) is 0.250. The van der Waals surface area contributed by atoms with E-state index in [4.69, 9.17) is 0 Å². The van der Waals surface area contributed by atoms with Crippen LogP contribution in [0.3, 0.4) is 0 Å². The van der Waals surface area contributed by atoms with Crippen LogP contribution in [0.1, 0.15) is 5.69 Å². The Labute approximate surface area is 105 Å². The van der Waals surface area contributed by atoms with Gasteiger partial charge in [-0.1, -0.05) is 23.4 Å². The van der Waals surface area contributed by atoms with Crippen LogP contribution in [0.4, 0.5) is 4.79 Å². The van der Waals surface area contributed by atoms with Crippen LogP contribution in [0.25, 0.3) is 5.69 Å². The highest BCUT2D eigenvalue weighted by molar-refractivity contribution is 5.73. The predicted octanol–water partition coefficient (Wildman–Crippen LogP) is 1.04. The number of nitrogens with zero attached hydrogens (tertiary/aromatic N) is 4. The molecule has 2 rings (SSSR count). The first-order chi connectivity index (χ1) is 8.68. The second-order valence-corrected chi connectivity index (χ2v) is 4.03. The van der Waals surface area contributed by atoms with Crippen molar-refractivity contribution in [1.29, 1.82) is 0 Å². The van der Waals surface area contributed by atoms with Crippen LogP contribution in [-0.4, -0.2) is 40.0 Å². The minimum Gasteiger partial charge on any atom is -0.332 e. The Balaban J connectivity index is 2.12. The third kappa shape index (κ3) is 2.65. The molecule has 0 unspecified atom stereocenters. The molecule has 6 nitrogen and oxygen atoms in total. The summed E-state index contributed by atoms with van der Waals surface area (Å²) in [5, 5.41) is 10.7. The molecule has 1 heterocycles. The van der Waals surface area contributed by atoms with Crippen LogP contribution in [0.15, 0.2) is 36.5 Å². The smallest absolute Gasteiger partial charge is 0.317 e. The first-order valence-electron chi connectivity index (χ1n) is 5.58. The van der Waals surface area contributed by atoms with Crippen LogP contribution >= 0.6 is 0 Å². The van der Waals surface area contributed by atoms with Gasteiger partial charge in [0.15, 0.2) is 0 Å². The summed E-state index contributed by atoms with van der Waals surface area (Å²) in [6, 6.07) is 9.53.